The Labute approximate surface area is 158 Å². The number of benzene rings is 1. The number of ether oxygens (including phenoxy) is 1. The van der Waals surface area contributed by atoms with Gasteiger partial charge in [-0.2, -0.15) is 10.2 Å². The Morgan fingerprint density at radius 1 is 1.26 bits per heavy atom. The van der Waals surface area contributed by atoms with Crippen LogP contribution in [0.15, 0.2) is 42.7 Å². The second kappa shape index (κ2) is 7.54. The smallest absolute Gasteiger partial charge is 0.119 e. The third-order valence-electron chi connectivity index (χ3n) is 4.97. The van der Waals surface area contributed by atoms with Crippen molar-refractivity contribution in [3.8, 4) is 11.4 Å². The molecule has 1 atom stereocenters. The second-order valence-corrected chi connectivity index (χ2v) is 6.97. The van der Waals surface area contributed by atoms with Crippen molar-refractivity contribution in [2.24, 2.45) is 0 Å². The summed E-state index contributed by atoms with van der Waals surface area (Å²) in [4.78, 5) is 2.41. The van der Waals surface area contributed by atoms with E-state index in [1.165, 1.54) is 5.56 Å². The zero-order chi connectivity index (χ0) is 18.8. The molecule has 7 nitrogen and oxygen atoms in total. The first-order valence-electron chi connectivity index (χ1n) is 9.28. The average Bonchev–Trinajstić information content (AvgIpc) is 3.29. The Morgan fingerprint density at radius 3 is 2.89 bits per heavy atom. The number of nitrogens with zero attached hydrogens (tertiary/aromatic N) is 5. The van der Waals surface area contributed by atoms with E-state index in [2.05, 4.69) is 27.2 Å². The number of aliphatic hydroxyl groups excluding tert-OH is 1. The first kappa shape index (κ1) is 17.8. The van der Waals surface area contributed by atoms with E-state index in [9.17, 15) is 5.11 Å². The van der Waals surface area contributed by atoms with Gasteiger partial charge in [0.25, 0.3) is 0 Å². The Hall–Kier alpha value is -2.64. The van der Waals surface area contributed by atoms with Crippen molar-refractivity contribution in [3.05, 3.63) is 59.7 Å². The molecule has 27 heavy (non-hydrogen) atoms. The van der Waals surface area contributed by atoms with Crippen molar-refractivity contribution in [2.45, 2.75) is 39.1 Å². The van der Waals surface area contributed by atoms with Gasteiger partial charge in [0.2, 0.25) is 0 Å². The van der Waals surface area contributed by atoms with Crippen LogP contribution in [0.4, 0.5) is 0 Å². The van der Waals surface area contributed by atoms with Crippen LogP contribution in [0, 0.1) is 0 Å². The van der Waals surface area contributed by atoms with Gasteiger partial charge in [0.1, 0.15) is 5.75 Å². The number of rotatable bonds is 5. The molecule has 0 fully saturated rings. The summed E-state index contributed by atoms with van der Waals surface area (Å²) in [7, 11) is 1.69. The van der Waals surface area contributed by atoms with E-state index >= 15 is 0 Å². The molecule has 0 saturated heterocycles. The zero-order valence-electron chi connectivity index (χ0n) is 15.7. The molecule has 1 unspecified atom stereocenters. The second-order valence-electron chi connectivity index (χ2n) is 6.97. The summed E-state index contributed by atoms with van der Waals surface area (Å²) in [6.07, 6.45) is 4.23. The van der Waals surface area contributed by atoms with Gasteiger partial charge in [0.05, 0.1) is 30.3 Å². The largest absolute Gasteiger partial charge is 0.497 e. The minimum Gasteiger partial charge on any atom is -0.497 e. The van der Waals surface area contributed by atoms with Gasteiger partial charge in [0, 0.05) is 38.6 Å². The lowest BCUT2D eigenvalue weighted by molar-refractivity contribution is 0.193. The summed E-state index contributed by atoms with van der Waals surface area (Å²) in [5.41, 5.74) is 4.11. The normalized spacial score (nSPS) is 16.0. The van der Waals surface area contributed by atoms with Gasteiger partial charge < -0.3 is 9.84 Å². The predicted octanol–water partition coefficient (Wildman–Crippen LogP) is 2.54. The Kier molecular flexibility index (Phi) is 4.96. The van der Waals surface area contributed by atoms with Gasteiger partial charge in [-0.3, -0.25) is 9.58 Å². The molecule has 0 saturated carbocycles. The SMILES string of the molecule is COc1ccc(-n2cccn2)c(CN2CCCn3nc(C(C)O)cc3C2)c1. The molecule has 1 aliphatic rings. The molecule has 0 amide bonds. The number of aliphatic hydroxyl groups is 1. The molecule has 1 aliphatic heterocycles. The molecule has 142 valence electrons. The summed E-state index contributed by atoms with van der Waals surface area (Å²) in [6.45, 7) is 5.22. The van der Waals surface area contributed by atoms with Crippen molar-refractivity contribution in [2.75, 3.05) is 13.7 Å². The fourth-order valence-corrected chi connectivity index (χ4v) is 3.58. The maximum absolute atomic E-state index is 9.83. The van der Waals surface area contributed by atoms with Crippen LogP contribution in [0.2, 0.25) is 0 Å². The maximum Gasteiger partial charge on any atom is 0.119 e. The molecular weight excluding hydrogens is 342 g/mol. The minimum atomic E-state index is -0.539. The summed E-state index contributed by atoms with van der Waals surface area (Å²) >= 11 is 0. The number of hydrogen-bond donors (Lipinski definition) is 1. The highest BCUT2D eigenvalue weighted by atomic mass is 16.5. The summed E-state index contributed by atoms with van der Waals surface area (Å²) in [6, 6.07) is 10.0. The molecule has 3 heterocycles. The highest BCUT2D eigenvalue weighted by molar-refractivity contribution is 5.45. The molecule has 1 aromatic carbocycles. The molecule has 0 spiro atoms. The van der Waals surface area contributed by atoms with E-state index in [0.29, 0.717) is 0 Å². The standard InChI is InChI=1S/C20H25N5O2/c1-15(26)19-12-17-14-23(8-4-10-24(17)22-19)13-16-11-18(27-2)5-6-20(16)25-9-3-7-21-25/h3,5-7,9,11-12,15,26H,4,8,10,13-14H2,1-2H3. The van der Waals surface area contributed by atoms with Crippen LogP contribution in [-0.2, 0) is 19.6 Å². The average molecular weight is 367 g/mol. The molecule has 7 heteroatoms. The molecule has 4 rings (SSSR count). The number of aryl methyl sites for hydroxylation is 1. The summed E-state index contributed by atoms with van der Waals surface area (Å²) in [5.74, 6) is 0.845. The molecule has 0 radical (unpaired) electrons. The summed E-state index contributed by atoms with van der Waals surface area (Å²) in [5, 5.41) is 18.8. The Balaban J connectivity index is 1.61. The molecule has 0 bridgehead atoms. The van der Waals surface area contributed by atoms with Gasteiger partial charge in [-0.25, -0.2) is 4.68 Å². The van der Waals surface area contributed by atoms with E-state index in [0.717, 1.165) is 55.4 Å². The first-order valence-corrected chi connectivity index (χ1v) is 9.28. The fraction of sp³-hybridized carbons (Fsp3) is 0.400. The number of aromatic nitrogens is 4. The predicted molar refractivity (Wildman–Crippen MR) is 102 cm³/mol. The summed E-state index contributed by atoms with van der Waals surface area (Å²) < 4.78 is 9.36. The lowest BCUT2D eigenvalue weighted by Crippen LogP contribution is -2.23. The number of hydrogen-bond acceptors (Lipinski definition) is 5. The van der Waals surface area contributed by atoms with Crippen LogP contribution in [-0.4, -0.2) is 43.2 Å². The van der Waals surface area contributed by atoms with Gasteiger partial charge in [-0.15, -0.1) is 0 Å². The van der Waals surface area contributed by atoms with Crippen LogP contribution in [0.1, 0.15) is 36.4 Å². The van der Waals surface area contributed by atoms with Crippen molar-refractivity contribution >= 4 is 0 Å². The van der Waals surface area contributed by atoms with Crippen LogP contribution >= 0.6 is 0 Å². The number of fused-ring (bicyclic) bond motifs is 1. The van der Waals surface area contributed by atoms with Crippen molar-refractivity contribution in [3.63, 3.8) is 0 Å². The van der Waals surface area contributed by atoms with E-state index in [4.69, 9.17) is 4.74 Å². The number of methoxy groups -OCH3 is 1. The van der Waals surface area contributed by atoms with Crippen molar-refractivity contribution in [1.29, 1.82) is 0 Å². The third kappa shape index (κ3) is 3.74. The quantitative estimate of drug-likeness (QED) is 0.751. The van der Waals surface area contributed by atoms with E-state index in [1.54, 1.807) is 20.2 Å². The Morgan fingerprint density at radius 2 is 2.15 bits per heavy atom. The highest BCUT2D eigenvalue weighted by Gasteiger charge is 2.19. The van der Waals surface area contributed by atoms with Gasteiger partial charge in [-0.1, -0.05) is 0 Å². The molecular formula is C20H25N5O2. The minimum absolute atomic E-state index is 0.539. The van der Waals surface area contributed by atoms with Gasteiger partial charge in [-0.05, 0) is 49.2 Å². The van der Waals surface area contributed by atoms with Gasteiger partial charge in [0.15, 0.2) is 0 Å². The molecule has 1 N–H and O–H groups in total. The highest BCUT2D eigenvalue weighted by Crippen LogP contribution is 2.25. The van der Waals surface area contributed by atoms with Crippen LogP contribution in [0.3, 0.4) is 0 Å². The topological polar surface area (TPSA) is 68.3 Å². The fourth-order valence-electron chi connectivity index (χ4n) is 3.58. The first-order chi connectivity index (χ1) is 13.1. The molecule has 2 aromatic heterocycles. The van der Waals surface area contributed by atoms with Crippen LogP contribution in [0.25, 0.3) is 5.69 Å². The Bertz CT molecular complexity index is 901. The maximum atomic E-state index is 9.83. The molecule has 3 aromatic rings. The zero-order valence-corrected chi connectivity index (χ0v) is 15.7. The van der Waals surface area contributed by atoms with E-state index < -0.39 is 6.10 Å². The van der Waals surface area contributed by atoms with E-state index in [-0.39, 0.29) is 0 Å². The third-order valence-corrected chi connectivity index (χ3v) is 4.97. The monoisotopic (exact) mass is 367 g/mol. The molecule has 0 aliphatic carbocycles. The lowest BCUT2D eigenvalue weighted by atomic mass is 10.1. The van der Waals surface area contributed by atoms with Crippen molar-refractivity contribution in [1.82, 2.24) is 24.5 Å². The van der Waals surface area contributed by atoms with Gasteiger partial charge >= 0.3 is 0 Å². The van der Waals surface area contributed by atoms with E-state index in [1.807, 2.05) is 33.8 Å². The van der Waals surface area contributed by atoms with Crippen LogP contribution < -0.4 is 4.74 Å². The lowest BCUT2D eigenvalue weighted by Gasteiger charge is -2.22. The van der Waals surface area contributed by atoms with Crippen molar-refractivity contribution < 1.29 is 9.84 Å². The van der Waals surface area contributed by atoms with Crippen LogP contribution in [0.5, 0.6) is 5.75 Å².